The molecule has 0 saturated carbocycles. The fourth-order valence-corrected chi connectivity index (χ4v) is 12.7. The molecule has 0 radical (unpaired) electrons. The summed E-state index contributed by atoms with van der Waals surface area (Å²) in [6.07, 6.45) is 0. The van der Waals surface area contributed by atoms with Gasteiger partial charge in [-0.2, -0.15) is 0 Å². The standard InChI is InChI=1S/C55H33NS2/c1-7-22-43-35(15-1)36-16-2-8-23-44(36)55(43)45-24-9-3-17-37(45)38-32-31-34(33-46(38)55)56(48-26-14-30-52-54(48)42-20-6-12-28-50(42)58-52)47-25-10-4-18-39(47)40-21-13-29-51-53(40)41-19-5-11-27-49(41)57-51/h1-33H. The molecule has 1 nitrogen and oxygen atoms in total. The molecule has 0 saturated heterocycles. The van der Waals surface area contributed by atoms with Crippen LogP contribution in [0.2, 0.25) is 0 Å². The Morgan fingerprint density at radius 1 is 0.310 bits per heavy atom. The molecule has 1 spiro atoms. The molecule has 0 amide bonds. The van der Waals surface area contributed by atoms with Crippen LogP contribution in [0.1, 0.15) is 22.3 Å². The molecule has 0 unspecified atom stereocenters. The van der Waals surface area contributed by atoms with E-state index in [0.29, 0.717) is 0 Å². The third-order valence-corrected chi connectivity index (χ3v) is 15.0. The average molecular weight is 772 g/mol. The number of nitrogens with zero attached hydrogens (tertiary/aromatic N) is 1. The highest BCUT2D eigenvalue weighted by Gasteiger charge is 2.51. The normalized spacial score (nSPS) is 13.3. The molecule has 0 bridgehead atoms. The molecule has 2 aliphatic carbocycles. The summed E-state index contributed by atoms with van der Waals surface area (Å²) in [5, 5.41) is 5.20. The Hall–Kier alpha value is -6.78. The van der Waals surface area contributed by atoms with Gasteiger partial charge in [-0.1, -0.05) is 152 Å². The van der Waals surface area contributed by atoms with E-state index in [9.17, 15) is 0 Å². The SMILES string of the molecule is c1ccc(N(c2ccc3c(c2)C2(c4ccccc4-c4ccccc42)c2ccccc2-3)c2cccc3sc4ccccc4c23)c(-c2cccc3sc4ccccc4c23)c1. The van der Waals surface area contributed by atoms with Gasteiger partial charge >= 0.3 is 0 Å². The molecule has 2 aromatic heterocycles. The van der Waals surface area contributed by atoms with Gasteiger partial charge in [0.15, 0.2) is 0 Å². The van der Waals surface area contributed by atoms with Crippen molar-refractivity contribution in [3.8, 4) is 33.4 Å². The van der Waals surface area contributed by atoms with Crippen molar-refractivity contribution in [1.82, 2.24) is 0 Å². The van der Waals surface area contributed by atoms with Crippen molar-refractivity contribution in [3.63, 3.8) is 0 Å². The second-order valence-electron chi connectivity index (χ2n) is 15.5. The van der Waals surface area contributed by atoms with E-state index in [2.05, 4.69) is 205 Å². The van der Waals surface area contributed by atoms with Crippen molar-refractivity contribution < 1.29 is 0 Å². The summed E-state index contributed by atoms with van der Waals surface area (Å²) in [6.45, 7) is 0. The van der Waals surface area contributed by atoms with E-state index in [4.69, 9.17) is 0 Å². The lowest BCUT2D eigenvalue weighted by Crippen LogP contribution is -2.26. The second-order valence-corrected chi connectivity index (χ2v) is 17.7. The number of hydrogen-bond acceptors (Lipinski definition) is 3. The second kappa shape index (κ2) is 12.1. The van der Waals surface area contributed by atoms with E-state index < -0.39 is 5.41 Å². The Morgan fingerprint density at radius 2 is 0.759 bits per heavy atom. The Labute approximate surface area is 344 Å². The molecule has 3 heteroatoms. The lowest BCUT2D eigenvalue weighted by atomic mass is 9.70. The van der Waals surface area contributed by atoms with Gasteiger partial charge in [0, 0.05) is 51.6 Å². The van der Waals surface area contributed by atoms with Crippen molar-refractivity contribution in [2.24, 2.45) is 0 Å². The van der Waals surface area contributed by atoms with Crippen LogP contribution in [-0.2, 0) is 5.41 Å². The largest absolute Gasteiger partial charge is 0.309 e. The van der Waals surface area contributed by atoms with Gasteiger partial charge < -0.3 is 4.90 Å². The zero-order valence-corrected chi connectivity index (χ0v) is 32.9. The quantitative estimate of drug-likeness (QED) is 0.172. The van der Waals surface area contributed by atoms with Crippen LogP contribution >= 0.6 is 22.7 Å². The van der Waals surface area contributed by atoms with Gasteiger partial charge in [0.25, 0.3) is 0 Å². The van der Waals surface area contributed by atoms with Crippen LogP contribution in [0.15, 0.2) is 200 Å². The van der Waals surface area contributed by atoms with Gasteiger partial charge in [-0.3, -0.25) is 0 Å². The predicted octanol–water partition coefficient (Wildman–Crippen LogP) is 15.9. The Kier molecular flexibility index (Phi) is 6.75. The third kappa shape index (κ3) is 4.24. The highest BCUT2D eigenvalue weighted by Crippen LogP contribution is 2.63. The Balaban J connectivity index is 1.14. The van der Waals surface area contributed by atoms with Crippen molar-refractivity contribution in [1.29, 1.82) is 0 Å². The first kappa shape index (κ1) is 32.3. The first-order valence-electron chi connectivity index (χ1n) is 19.9. The Bertz CT molecular complexity index is 3430. The predicted molar refractivity (Wildman–Crippen MR) is 249 cm³/mol. The van der Waals surface area contributed by atoms with E-state index >= 15 is 0 Å². The van der Waals surface area contributed by atoms with Crippen LogP contribution in [0.25, 0.3) is 73.7 Å². The van der Waals surface area contributed by atoms with Crippen LogP contribution in [0, 0.1) is 0 Å². The number of hydrogen-bond donors (Lipinski definition) is 0. The maximum atomic E-state index is 2.56. The maximum Gasteiger partial charge on any atom is 0.0726 e. The van der Waals surface area contributed by atoms with Gasteiger partial charge in [0.2, 0.25) is 0 Å². The van der Waals surface area contributed by atoms with Gasteiger partial charge in [-0.25, -0.2) is 0 Å². The first-order valence-corrected chi connectivity index (χ1v) is 21.6. The summed E-state index contributed by atoms with van der Waals surface area (Å²) >= 11 is 3.75. The molecule has 11 aromatic rings. The van der Waals surface area contributed by atoms with Gasteiger partial charge in [0.1, 0.15) is 0 Å². The zero-order chi connectivity index (χ0) is 38.0. The summed E-state index contributed by atoms with van der Waals surface area (Å²) in [5.74, 6) is 0. The number of benzene rings is 9. The van der Waals surface area contributed by atoms with Gasteiger partial charge in [-0.05, 0) is 98.6 Å². The molecule has 0 N–H and O–H groups in total. The monoisotopic (exact) mass is 771 g/mol. The molecule has 0 atom stereocenters. The average Bonchev–Trinajstić information content (AvgIpc) is 4.02. The molecule has 270 valence electrons. The molecule has 2 heterocycles. The van der Waals surface area contributed by atoms with Crippen LogP contribution in [0.3, 0.4) is 0 Å². The summed E-state index contributed by atoms with van der Waals surface area (Å²) < 4.78 is 5.21. The van der Waals surface area contributed by atoms with E-state index in [-0.39, 0.29) is 0 Å². The molecule has 58 heavy (non-hydrogen) atoms. The summed E-state index contributed by atoms with van der Waals surface area (Å²) in [4.78, 5) is 2.56. The maximum absolute atomic E-state index is 2.56. The van der Waals surface area contributed by atoms with E-state index in [1.807, 2.05) is 22.7 Å². The topological polar surface area (TPSA) is 3.24 Å². The van der Waals surface area contributed by atoms with Crippen LogP contribution in [-0.4, -0.2) is 0 Å². The smallest absolute Gasteiger partial charge is 0.0726 e. The van der Waals surface area contributed by atoms with Crippen LogP contribution in [0.5, 0.6) is 0 Å². The summed E-state index contributed by atoms with van der Waals surface area (Å²) in [5.41, 5.74) is 16.1. The molecule has 0 fully saturated rings. The molecule has 13 rings (SSSR count). The highest BCUT2D eigenvalue weighted by molar-refractivity contribution is 7.26. The summed E-state index contributed by atoms with van der Waals surface area (Å²) in [7, 11) is 0. The minimum absolute atomic E-state index is 0.442. The van der Waals surface area contributed by atoms with Crippen molar-refractivity contribution >= 4 is 80.1 Å². The minimum Gasteiger partial charge on any atom is -0.309 e. The van der Waals surface area contributed by atoms with Crippen LogP contribution < -0.4 is 4.90 Å². The Morgan fingerprint density at radius 3 is 1.41 bits per heavy atom. The molecule has 2 aliphatic rings. The van der Waals surface area contributed by atoms with Crippen molar-refractivity contribution in [2.45, 2.75) is 5.41 Å². The third-order valence-electron chi connectivity index (χ3n) is 12.7. The summed E-state index contributed by atoms with van der Waals surface area (Å²) in [6, 6.07) is 75.0. The van der Waals surface area contributed by atoms with E-state index in [0.717, 1.165) is 11.4 Å². The number of fused-ring (bicyclic) bond motifs is 16. The number of thiophene rings is 2. The van der Waals surface area contributed by atoms with Crippen molar-refractivity contribution in [2.75, 3.05) is 4.90 Å². The number of para-hydroxylation sites is 1. The molecular weight excluding hydrogens is 739 g/mol. The number of rotatable bonds is 4. The van der Waals surface area contributed by atoms with Crippen LogP contribution in [0.4, 0.5) is 17.1 Å². The fourth-order valence-electron chi connectivity index (χ4n) is 10.5. The number of anilines is 3. The lowest BCUT2D eigenvalue weighted by molar-refractivity contribution is 0.793. The lowest BCUT2D eigenvalue weighted by Gasteiger charge is -2.33. The molecular formula is C55H33NS2. The van der Waals surface area contributed by atoms with E-state index in [1.54, 1.807) is 0 Å². The molecule has 9 aromatic carbocycles. The zero-order valence-electron chi connectivity index (χ0n) is 31.3. The fraction of sp³-hybridized carbons (Fsp3) is 0.0182. The van der Waals surface area contributed by atoms with Gasteiger partial charge in [0.05, 0.1) is 16.8 Å². The van der Waals surface area contributed by atoms with E-state index in [1.165, 1.54) is 102 Å². The highest BCUT2D eigenvalue weighted by atomic mass is 32.1. The first-order chi connectivity index (χ1) is 28.8. The van der Waals surface area contributed by atoms with Gasteiger partial charge in [-0.15, -0.1) is 22.7 Å². The van der Waals surface area contributed by atoms with Crippen molar-refractivity contribution in [3.05, 3.63) is 222 Å². The minimum atomic E-state index is -0.442. The molecule has 0 aliphatic heterocycles.